The normalized spacial score (nSPS) is 13.9. The maximum absolute atomic E-state index is 4.71. The fourth-order valence-electron chi connectivity index (χ4n) is 3.26. The van der Waals surface area contributed by atoms with E-state index in [1.165, 1.54) is 19.3 Å². The van der Waals surface area contributed by atoms with E-state index in [1.54, 1.807) is 12.4 Å². The van der Waals surface area contributed by atoms with Crippen molar-refractivity contribution >= 4 is 5.82 Å². The summed E-state index contributed by atoms with van der Waals surface area (Å²) in [4.78, 5) is 13.5. The third kappa shape index (κ3) is 3.29. The molecule has 0 unspecified atom stereocenters. The van der Waals surface area contributed by atoms with Crippen LogP contribution in [0, 0.1) is 13.8 Å². The van der Waals surface area contributed by atoms with Crippen LogP contribution in [0.5, 0.6) is 0 Å². The molecular formula is C19H23N7. The number of anilines is 1. The van der Waals surface area contributed by atoms with E-state index >= 15 is 0 Å². The SMILES string of the molecule is Cc1nc(-c2cccnc2)nc(NCc2nnc3n2CCCCC3)c1C. The molecule has 0 aromatic carbocycles. The molecule has 0 amide bonds. The molecule has 0 radical (unpaired) electrons. The highest BCUT2D eigenvalue weighted by atomic mass is 15.3. The van der Waals surface area contributed by atoms with Gasteiger partial charge in [-0.2, -0.15) is 0 Å². The van der Waals surface area contributed by atoms with Gasteiger partial charge in [-0.1, -0.05) is 6.42 Å². The average Bonchev–Trinajstić information content (AvgIpc) is 2.90. The molecule has 7 heteroatoms. The molecule has 0 fully saturated rings. The lowest BCUT2D eigenvalue weighted by Crippen LogP contribution is -2.12. The number of hydrogen-bond donors (Lipinski definition) is 1. The first-order valence-corrected chi connectivity index (χ1v) is 9.13. The minimum Gasteiger partial charge on any atom is -0.362 e. The number of rotatable bonds is 4. The molecule has 134 valence electrons. The van der Waals surface area contributed by atoms with Crippen molar-refractivity contribution in [3.05, 3.63) is 47.4 Å². The van der Waals surface area contributed by atoms with Gasteiger partial charge in [0.25, 0.3) is 0 Å². The summed E-state index contributed by atoms with van der Waals surface area (Å²) in [6, 6.07) is 3.87. The van der Waals surface area contributed by atoms with Gasteiger partial charge in [0.15, 0.2) is 11.6 Å². The molecule has 1 N–H and O–H groups in total. The Labute approximate surface area is 152 Å². The average molecular weight is 349 g/mol. The monoisotopic (exact) mass is 349 g/mol. The summed E-state index contributed by atoms with van der Waals surface area (Å²) in [7, 11) is 0. The number of pyridine rings is 1. The van der Waals surface area contributed by atoms with Gasteiger partial charge in [0.2, 0.25) is 0 Å². The molecule has 1 aliphatic heterocycles. The van der Waals surface area contributed by atoms with Crippen molar-refractivity contribution in [2.75, 3.05) is 5.32 Å². The largest absolute Gasteiger partial charge is 0.362 e. The van der Waals surface area contributed by atoms with Crippen LogP contribution in [-0.2, 0) is 19.5 Å². The van der Waals surface area contributed by atoms with Crippen molar-refractivity contribution < 1.29 is 0 Å². The number of nitrogens with one attached hydrogen (secondary N) is 1. The summed E-state index contributed by atoms with van der Waals surface area (Å²) in [5.74, 6) is 3.59. The van der Waals surface area contributed by atoms with Crippen LogP contribution in [0.4, 0.5) is 5.82 Å². The third-order valence-electron chi connectivity index (χ3n) is 4.91. The first kappa shape index (κ1) is 16.6. The van der Waals surface area contributed by atoms with Crippen molar-refractivity contribution in [3.63, 3.8) is 0 Å². The van der Waals surface area contributed by atoms with Crippen molar-refractivity contribution in [2.24, 2.45) is 0 Å². The Morgan fingerprint density at radius 3 is 2.88 bits per heavy atom. The molecule has 0 aliphatic carbocycles. The first-order valence-electron chi connectivity index (χ1n) is 9.13. The van der Waals surface area contributed by atoms with E-state index in [9.17, 15) is 0 Å². The Morgan fingerprint density at radius 2 is 2.04 bits per heavy atom. The number of aryl methyl sites for hydroxylation is 2. The summed E-state index contributed by atoms with van der Waals surface area (Å²) in [5.41, 5.74) is 2.92. The van der Waals surface area contributed by atoms with Gasteiger partial charge in [-0.25, -0.2) is 9.97 Å². The highest BCUT2D eigenvalue weighted by Gasteiger charge is 2.15. The van der Waals surface area contributed by atoms with Gasteiger partial charge in [-0.3, -0.25) is 4.98 Å². The fourth-order valence-corrected chi connectivity index (χ4v) is 3.26. The van der Waals surface area contributed by atoms with Crippen molar-refractivity contribution in [2.45, 2.75) is 52.6 Å². The summed E-state index contributed by atoms with van der Waals surface area (Å²) in [6.45, 7) is 5.65. The number of aromatic nitrogens is 6. The van der Waals surface area contributed by atoms with Gasteiger partial charge in [-0.15, -0.1) is 10.2 Å². The van der Waals surface area contributed by atoms with Crippen LogP contribution in [0.25, 0.3) is 11.4 Å². The fraction of sp³-hybridized carbons (Fsp3) is 0.421. The molecule has 26 heavy (non-hydrogen) atoms. The molecule has 7 nitrogen and oxygen atoms in total. The van der Waals surface area contributed by atoms with Gasteiger partial charge in [0, 0.05) is 42.2 Å². The third-order valence-corrected chi connectivity index (χ3v) is 4.91. The molecule has 0 saturated carbocycles. The van der Waals surface area contributed by atoms with Crippen LogP contribution in [-0.4, -0.2) is 29.7 Å². The molecule has 0 saturated heterocycles. The van der Waals surface area contributed by atoms with Crippen LogP contribution < -0.4 is 5.32 Å². The van der Waals surface area contributed by atoms with E-state index in [1.807, 2.05) is 26.0 Å². The Kier molecular flexibility index (Phi) is 4.60. The van der Waals surface area contributed by atoms with Gasteiger partial charge in [0.1, 0.15) is 11.6 Å². The van der Waals surface area contributed by atoms with E-state index in [0.29, 0.717) is 12.4 Å². The molecule has 4 heterocycles. The molecule has 0 atom stereocenters. The quantitative estimate of drug-likeness (QED) is 0.779. The maximum Gasteiger partial charge on any atom is 0.163 e. The molecule has 0 spiro atoms. The summed E-state index contributed by atoms with van der Waals surface area (Å²) in [6.07, 6.45) is 8.20. The summed E-state index contributed by atoms with van der Waals surface area (Å²) >= 11 is 0. The molecule has 3 aromatic heterocycles. The zero-order chi connectivity index (χ0) is 17.9. The number of fused-ring (bicyclic) bond motifs is 1. The maximum atomic E-state index is 4.71. The van der Waals surface area contributed by atoms with Crippen LogP contribution in [0.3, 0.4) is 0 Å². The van der Waals surface area contributed by atoms with Crippen LogP contribution in [0.15, 0.2) is 24.5 Å². The standard InChI is InChI=1S/C19H23N7/c1-13-14(2)22-19(15-7-6-9-20-11-15)23-18(13)21-12-17-25-24-16-8-4-3-5-10-26(16)17/h6-7,9,11H,3-5,8,10,12H2,1-2H3,(H,21,22,23). The number of hydrogen-bond acceptors (Lipinski definition) is 6. The highest BCUT2D eigenvalue weighted by molar-refractivity contribution is 5.58. The van der Waals surface area contributed by atoms with E-state index in [4.69, 9.17) is 4.98 Å². The molecule has 4 rings (SSSR count). The highest BCUT2D eigenvalue weighted by Crippen LogP contribution is 2.22. The van der Waals surface area contributed by atoms with Crippen LogP contribution in [0.2, 0.25) is 0 Å². The second-order valence-corrected chi connectivity index (χ2v) is 6.70. The van der Waals surface area contributed by atoms with E-state index < -0.39 is 0 Å². The minimum absolute atomic E-state index is 0.608. The summed E-state index contributed by atoms with van der Waals surface area (Å²) in [5, 5.41) is 12.2. The van der Waals surface area contributed by atoms with Gasteiger partial charge < -0.3 is 9.88 Å². The predicted octanol–water partition coefficient (Wildman–Crippen LogP) is 3.09. The summed E-state index contributed by atoms with van der Waals surface area (Å²) < 4.78 is 2.26. The van der Waals surface area contributed by atoms with Crippen molar-refractivity contribution in [1.82, 2.24) is 29.7 Å². The van der Waals surface area contributed by atoms with E-state index in [-0.39, 0.29) is 0 Å². The van der Waals surface area contributed by atoms with Gasteiger partial charge in [0.05, 0.1) is 6.54 Å². The lowest BCUT2D eigenvalue weighted by Gasteiger charge is -2.13. The van der Waals surface area contributed by atoms with Crippen molar-refractivity contribution in [1.29, 1.82) is 0 Å². The lowest BCUT2D eigenvalue weighted by molar-refractivity contribution is 0.609. The molecule has 3 aromatic rings. The second-order valence-electron chi connectivity index (χ2n) is 6.70. The molecular weight excluding hydrogens is 326 g/mol. The van der Waals surface area contributed by atoms with Crippen molar-refractivity contribution in [3.8, 4) is 11.4 Å². The second kappa shape index (κ2) is 7.19. The zero-order valence-electron chi connectivity index (χ0n) is 15.2. The molecule has 1 aliphatic rings. The number of nitrogens with zero attached hydrogens (tertiary/aromatic N) is 6. The van der Waals surface area contributed by atoms with Gasteiger partial charge in [-0.05, 0) is 38.8 Å². The van der Waals surface area contributed by atoms with E-state index in [2.05, 4.69) is 30.0 Å². The van der Waals surface area contributed by atoms with E-state index in [0.717, 1.165) is 47.3 Å². The Balaban J connectivity index is 1.59. The Morgan fingerprint density at radius 1 is 1.12 bits per heavy atom. The Bertz CT molecular complexity index is 902. The lowest BCUT2D eigenvalue weighted by atomic mass is 10.2. The predicted molar refractivity (Wildman–Crippen MR) is 99.6 cm³/mol. The van der Waals surface area contributed by atoms with Crippen LogP contribution in [0.1, 0.15) is 42.2 Å². The minimum atomic E-state index is 0.608. The smallest absolute Gasteiger partial charge is 0.163 e. The Hall–Kier alpha value is -2.83. The van der Waals surface area contributed by atoms with Crippen LogP contribution >= 0.6 is 0 Å². The molecule has 0 bridgehead atoms. The zero-order valence-corrected chi connectivity index (χ0v) is 15.2. The topological polar surface area (TPSA) is 81.4 Å². The first-order chi connectivity index (χ1) is 12.7. The van der Waals surface area contributed by atoms with Gasteiger partial charge >= 0.3 is 0 Å².